The van der Waals surface area contributed by atoms with E-state index in [2.05, 4.69) is 5.32 Å². The zero-order valence-corrected chi connectivity index (χ0v) is 17.6. The Balaban J connectivity index is 0.00000256. The second-order valence-corrected chi connectivity index (χ2v) is 8.20. The summed E-state index contributed by atoms with van der Waals surface area (Å²) in [5, 5.41) is 3.26. The Kier molecular flexibility index (Phi) is 7.00. The lowest BCUT2D eigenvalue weighted by molar-refractivity contribution is 0.0756. The maximum absolute atomic E-state index is 12.8. The third-order valence-electron chi connectivity index (χ3n) is 6.17. The SMILES string of the molecule is Cl.NC(=O)c1ccc(Oc2ccc(C(=O)NC3C4CCCC3CC(N)C4)cc2)cc1. The van der Waals surface area contributed by atoms with Gasteiger partial charge in [0, 0.05) is 23.2 Å². The molecule has 0 radical (unpaired) electrons. The Morgan fingerprint density at radius 1 is 0.867 bits per heavy atom. The van der Waals surface area contributed by atoms with Crippen molar-refractivity contribution in [3.8, 4) is 11.5 Å². The van der Waals surface area contributed by atoms with Gasteiger partial charge < -0.3 is 21.5 Å². The number of hydrogen-bond donors (Lipinski definition) is 3. The van der Waals surface area contributed by atoms with Gasteiger partial charge in [-0.15, -0.1) is 12.4 Å². The molecule has 0 spiro atoms. The first-order valence-electron chi connectivity index (χ1n) is 10.2. The first-order valence-corrected chi connectivity index (χ1v) is 10.2. The second-order valence-electron chi connectivity index (χ2n) is 8.20. The van der Waals surface area contributed by atoms with Crippen LogP contribution in [0.1, 0.15) is 52.8 Å². The Morgan fingerprint density at radius 2 is 1.37 bits per heavy atom. The van der Waals surface area contributed by atoms with Gasteiger partial charge in [-0.25, -0.2) is 0 Å². The standard InChI is InChI=1S/C23H27N3O3.ClH/c24-18-12-16-2-1-3-17(13-18)21(16)26-23(28)15-6-10-20(11-7-15)29-19-8-4-14(5-9-19)22(25)27;/h4-11,16-18,21H,1-3,12-13,24H2,(H2,25,27)(H,26,28);1H. The van der Waals surface area contributed by atoms with Gasteiger partial charge in [0.15, 0.2) is 0 Å². The normalized spacial score (nSPS) is 25.0. The number of rotatable bonds is 5. The molecule has 5 N–H and O–H groups in total. The number of nitrogens with two attached hydrogens (primary N) is 2. The average molecular weight is 430 g/mol. The van der Waals surface area contributed by atoms with Gasteiger partial charge in [-0.3, -0.25) is 9.59 Å². The quantitative estimate of drug-likeness (QED) is 0.674. The maximum Gasteiger partial charge on any atom is 0.251 e. The van der Waals surface area contributed by atoms with Gasteiger partial charge in [-0.05, 0) is 86.1 Å². The van der Waals surface area contributed by atoms with Crippen molar-refractivity contribution in [2.24, 2.45) is 23.3 Å². The van der Waals surface area contributed by atoms with Gasteiger partial charge in [0.05, 0.1) is 0 Å². The topological polar surface area (TPSA) is 107 Å². The number of hydrogen-bond acceptors (Lipinski definition) is 4. The molecule has 2 aromatic carbocycles. The molecule has 160 valence electrons. The van der Waals surface area contributed by atoms with E-state index in [1.807, 2.05) is 0 Å². The largest absolute Gasteiger partial charge is 0.457 e. The van der Waals surface area contributed by atoms with Crippen LogP contribution in [0.5, 0.6) is 11.5 Å². The van der Waals surface area contributed by atoms with Gasteiger partial charge in [0.1, 0.15) is 11.5 Å². The van der Waals surface area contributed by atoms with E-state index in [4.69, 9.17) is 16.2 Å². The van der Waals surface area contributed by atoms with Gasteiger partial charge >= 0.3 is 0 Å². The number of amides is 2. The number of primary amides is 1. The van der Waals surface area contributed by atoms with E-state index in [0.29, 0.717) is 34.5 Å². The number of ether oxygens (including phenoxy) is 1. The summed E-state index contributed by atoms with van der Waals surface area (Å²) in [6, 6.07) is 14.2. The fraction of sp³-hybridized carbons (Fsp3) is 0.391. The van der Waals surface area contributed by atoms with Crippen LogP contribution in [0.2, 0.25) is 0 Å². The minimum absolute atomic E-state index is 0. The molecule has 2 atom stereocenters. The highest BCUT2D eigenvalue weighted by molar-refractivity contribution is 5.94. The second kappa shape index (κ2) is 9.49. The minimum Gasteiger partial charge on any atom is -0.457 e. The Labute approximate surface area is 182 Å². The number of carbonyl (C=O) groups excluding carboxylic acids is 2. The van der Waals surface area contributed by atoms with Crippen molar-refractivity contribution in [3.63, 3.8) is 0 Å². The molecule has 0 heterocycles. The van der Waals surface area contributed by atoms with E-state index < -0.39 is 5.91 Å². The van der Waals surface area contributed by atoms with Crippen LogP contribution in [0, 0.1) is 11.8 Å². The number of carbonyl (C=O) groups is 2. The van der Waals surface area contributed by atoms with Crippen LogP contribution in [-0.4, -0.2) is 23.9 Å². The van der Waals surface area contributed by atoms with Crippen molar-refractivity contribution in [2.45, 2.75) is 44.2 Å². The monoisotopic (exact) mass is 429 g/mol. The molecule has 0 aromatic heterocycles. The fourth-order valence-electron chi connectivity index (χ4n) is 4.76. The molecule has 2 bridgehead atoms. The van der Waals surface area contributed by atoms with Gasteiger partial charge in [0.2, 0.25) is 5.91 Å². The molecule has 7 heteroatoms. The first kappa shape index (κ1) is 22.1. The molecular weight excluding hydrogens is 402 g/mol. The van der Waals surface area contributed by atoms with Crippen LogP contribution in [0.25, 0.3) is 0 Å². The van der Waals surface area contributed by atoms with Crippen molar-refractivity contribution in [2.75, 3.05) is 0 Å². The maximum atomic E-state index is 12.8. The Morgan fingerprint density at radius 3 is 1.87 bits per heavy atom. The van der Waals surface area contributed by atoms with E-state index in [0.717, 1.165) is 25.7 Å². The zero-order valence-electron chi connectivity index (χ0n) is 16.8. The van der Waals surface area contributed by atoms with Crippen molar-refractivity contribution in [1.82, 2.24) is 5.32 Å². The van der Waals surface area contributed by atoms with Crippen LogP contribution in [-0.2, 0) is 0 Å². The summed E-state index contributed by atoms with van der Waals surface area (Å²) in [4.78, 5) is 23.9. The lowest BCUT2D eigenvalue weighted by Crippen LogP contribution is -2.53. The predicted molar refractivity (Wildman–Crippen MR) is 118 cm³/mol. The summed E-state index contributed by atoms with van der Waals surface area (Å²) in [6.07, 6.45) is 5.54. The molecule has 0 saturated heterocycles. The van der Waals surface area contributed by atoms with E-state index >= 15 is 0 Å². The first-order chi connectivity index (χ1) is 14.0. The summed E-state index contributed by atoms with van der Waals surface area (Å²) in [6.45, 7) is 0. The molecular formula is C23H28ClN3O3. The number of fused-ring (bicyclic) bond motifs is 2. The van der Waals surface area contributed by atoms with E-state index in [-0.39, 0.29) is 30.4 Å². The molecule has 2 saturated carbocycles. The van der Waals surface area contributed by atoms with Crippen LogP contribution in [0.3, 0.4) is 0 Å². The molecule has 2 amide bonds. The fourth-order valence-corrected chi connectivity index (χ4v) is 4.76. The van der Waals surface area contributed by atoms with Crippen LogP contribution in [0.15, 0.2) is 48.5 Å². The van der Waals surface area contributed by atoms with Crippen molar-refractivity contribution in [1.29, 1.82) is 0 Å². The molecule has 2 unspecified atom stereocenters. The molecule has 2 aliphatic carbocycles. The lowest BCUT2D eigenvalue weighted by atomic mass is 9.67. The van der Waals surface area contributed by atoms with Crippen molar-refractivity contribution >= 4 is 24.2 Å². The number of halogens is 1. The minimum atomic E-state index is -0.476. The third kappa shape index (κ3) is 4.94. The molecule has 2 aliphatic rings. The summed E-state index contributed by atoms with van der Waals surface area (Å²) in [5.41, 5.74) is 12.5. The molecule has 2 aromatic rings. The molecule has 4 rings (SSSR count). The highest BCUT2D eigenvalue weighted by Crippen LogP contribution is 2.39. The summed E-state index contributed by atoms with van der Waals surface area (Å²) < 4.78 is 5.77. The molecule has 6 nitrogen and oxygen atoms in total. The van der Waals surface area contributed by atoms with Crippen molar-refractivity contribution < 1.29 is 14.3 Å². The molecule has 2 fully saturated rings. The van der Waals surface area contributed by atoms with E-state index in [9.17, 15) is 9.59 Å². The number of nitrogens with one attached hydrogen (secondary N) is 1. The van der Waals surface area contributed by atoms with E-state index in [1.54, 1.807) is 48.5 Å². The zero-order chi connectivity index (χ0) is 20.4. The van der Waals surface area contributed by atoms with Crippen LogP contribution in [0.4, 0.5) is 0 Å². The van der Waals surface area contributed by atoms with Crippen LogP contribution >= 0.6 is 12.4 Å². The Hall–Kier alpha value is -2.57. The summed E-state index contributed by atoms with van der Waals surface area (Å²) in [5.74, 6) is 1.68. The van der Waals surface area contributed by atoms with Crippen LogP contribution < -0.4 is 21.5 Å². The van der Waals surface area contributed by atoms with Crippen molar-refractivity contribution in [3.05, 3.63) is 59.7 Å². The molecule has 30 heavy (non-hydrogen) atoms. The number of benzene rings is 2. The van der Waals surface area contributed by atoms with E-state index in [1.165, 1.54) is 6.42 Å². The summed E-state index contributed by atoms with van der Waals surface area (Å²) in [7, 11) is 0. The lowest BCUT2D eigenvalue weighted by Gasteiger charge is -2.45. The summed E-state index contributed by atoms with van der Waals surface area (Å²) >= 11 is 0. The average Bonchev–Trinajstić information content (AvgIpc) is 2.69. The Bertz CT molecular complexity index is 872. The predicted octanol–water partition coefficient (Wildman–Crippen LogP) is 3.64. The smallest absolute Gasteiger partial charge is 0.251 e. The highest BCUT2D eigenvalue weighted by Gasteiger charge is 2.39. The highest BCUT2D eigenvalue weighted by atomic mass is 35.5. The van der Waals surface area contributed by atoms with Gasteiger partial charge in [0.25, 0.3) is 5.91 Å². The van der Waals surface area contributed by atoms with Gasteiger partial charge in [-0.2, -0.15) is 0 Å². The molecule has 0 aliphatic heterocycles. The van der Waals surface area contributed by atoms with Gasteiger partial charge in [-0.1, -0.05) is 6.42 Å². The third-order valence-corrected chi connectivity index (χ3v) is 6.17.